The first-order valence-electron chi connectivity index (χ1n) is 6.68. The van der Waals surface area contributed by atoms with Crippen LogP contribution in [0.25, 0.3) is 0 Å². The number of carbonyl (C=O) groups is 1. The van der Waals surface area contributed by atoms with E-state index in [0.29, 0.717) is 5.92 Å². The molecule has 3 N–H and O–H groups in total. The molecule has 0 aromatic heterocycles. The Labute approximate surface area is 103 Å². The van der Waals surface area contributed by atoms with E-state index < -0.39 is 0 Å². The van der Waals surface area contributed by atoms with Gasteiger partial charge in [0.05, 0.1) is 12.0 Å². The predicted molar refractivity (Wildman–Crippen MR) is 66.5 cm³/mol. The lowest BCUT2D eigenvalue weighted by atomic mass is 9.83. The SMILES string of the molecule is CC1COCCC1NC(=O)C1(C)CCCC1N. The quantitative estimate of drug-likeness (QED) is 0.758. The maximum atomic E-state index is 12.4. The van der Waals surface area contributed by atoms with Crippen LogP contribution < -0.4 is 11.1 Å². The Morgan fingerprint density at radius 2 is 2.24 bits per heavy atom. The number of hydrogen-bond acceptors (Lipinski definition) is 3. The highest BCUT2D eigenvalue weighted by Crippen LogP contribution is 2.37. The average Bonchev–Trinajstić information content (AvgIpc) is 2.64. The fourth-order valence-electron chi connectivity index (χ4n) is 2.90. The molecular weight excluding hydrogens is 216 g/mol. The predicted octanol–water partition coefficient (Wildman–Crippen LogP) is 1.05. The zero-order valence-electron chi connectivity index (χ0n) is 10.9. The zero-order valence-corrected chi connectivity index (χ0v) is 10.9. The van der Waals surface area contributed by atoms with E-state index in [1.54, 1.807) is 0 Å². The molecule has 4 unspecified atom stereocenters. The third kappa shape index (κ3) is 2.47. The van der Waals surface area contributed by atoms with E-state index in [1.165, 1.54) is 0 Å². The summed E-state index contributed by atoms with van der Waals surface area (Å²) in [7, 11) is 0. The standard InChI is InChI=1S/C13H24N2O2/c1-9-8-17-7-5-10(9)15-12(16)13(2)6-3-4-11(13)14/h9-11H,3-8,14H2,1-2H3,(H,15,16). The fourth-order valence-corrected chi connectivity index (χ4v) is 2.90. The Hall–Kier alpha value is -0.610. The zero-order chi connectivity index (χ0) is 12.5. The van der Waals surface area contributed by atoms with Crippen molar-refractivity contribution in [2.24, 2.45) is 17.1 Å². The Balaban J connectivity index is 1.96. The van der Waals surface area contributed by atoms with Gasteiger partial charge in [-0.3, -0.25) is 4.79 Å². The highest BCUT2D eigenvalue weighted by Gasteiger charge is 2.43. The Bertz CT molecular complexity index is 295. The van der Waals surface area contributed by atoms with E-state index >= 15 is 0 Å². The lowest BCUT2D eigenvalue weighted by Crippen LogP contribution is -2.53. The lowest BCUT2D eigenvalue weighted by Gasteiger charge is -2.34. The van der Waals surface area contributed by atoms with Crippen molar-refractivity contribution >= 4 is 5.91 Å². The summed E-state index contributed by atoms with van der Waals surface area (Å²) in [6.07, 6.45) is 3.86. The summed E-state index contributed by atoms with van der Waals surface area (Å²) in [5.41, 5.74) is 5.71. The molecular formula is C13H24N2O2. The lowest BCUT2D eigenvalue weighted by molar-refractivity contribution is -0.132. The maximum absolute atomic E-state index is 12.4. The third-order valence-corrected chi connectivity index (χ3v) is 4.51. The molecule has 1 saturated carbocycles. The second-order valence-corrected chi connectivity index (χ2v) is 5.84. The molecule has 98 valence electrons. The molecule has 1 heterocycles. The summed E-state index contributed by atoms with van der Waals surface area (Å²) >= 11 is 0. The molecule has 2 fully saturated rings. The van der Waals surface area contributed by atoms with Gasteiger partial charge in [-0.05, 0) is 32.1 Å². The minimum absolute atomic E-state index is 0.0117. The van der Waals surface area contributed by atoms with E-state index in [4.69, 9.17) is 10.5 Å². The highest BCUT2D eigenvalue weighted by atomic mass is 16.5. The number of carbonyl (C=O) groups excluding carboxylic acids is 1. The van der Waals surface area contributed by atoms with Crippen LogP contribution in [0.4, 0.5) is 0 Å². The van der Waals surface area contributed by atoms with Gasteiger partial charge in [0, 0.05) is 18.7 Å². The van der Waals surface area contributed by atoms with Crippen LogP contribution in [0.1, 0.15) is 39.5 Å². The molecule has 1 amide bonds. The minimum atomic E-state index is -0.363. The average molecular weight is 240 g/mol. The first kappa shape index (κ1) is 12.8. The number of hydrogen-bond donors (Lipinski definition) is 2. The second kappa shape index (κ2) is 4.94. The van der Waals surface area contributed by atoms with Gasteiger partial charge >= 0.3 is 0 Å². The van der Waals surface area contributed by atoms with Crippen molar-refractivity contribution in [3.8, 4) is 0 Å². The maximum Gasteiger partial charge on any atom is 0.227 e. The van der Waals surface area contributed by atoms with Gasteiger partial charge in [0.25, 0.3) is 0 Å². The highest BCUT2D eigenvalue weighted by molar-refractivity contribution is 5.83. The first-order valence-corrected chi connectivity index (χ1v) is 6.68. The fraction of sp³-hybridized carbons (Fsp3) is 0.923. The van der Waals surface area contributed by atoms with Crippen molar-refractivity contribution in [2.45, 2.75) is 51.6 Å². The summed E-state index contributed by atoms with van der Waals surface area (Å²) in [5, 5.41) is 3.18. The number of nitrogens with one attached hydrogen (secondary N) is 1. The Kier molecular flexibility index (Phi) is 3.73. The largest absolute Gasteiger partial charge is 0.381 e. The molecule has 1 aliphatic heterocycles. The van der Waals surface area contributed by atoms with Crippen LogP contribution in [0, 0.1) is 11.3 Å². The van der Waals surface area contributed by atoms with E-state index in [-0.39, 0.29) is 23.4 Å². The second-order valence-electron chi connectivity index (χ2n) is 5.84. The molecule has 0 aromatic rings. The van der Waals surface area contributed by atoms with Crippen LogP contribution in [0.5, 0.6) is 0 Å². The van der Waals surface area contributed by atoms with Gasteiger partial charge in [-0.25, -0.2) is 0 Å². The van der Waals surface area contributed by atoms with Crippen LogP contribution in [-0.4, -0.2) is 31.2 Å². The number of amides is 1. The molecule has 4 atom stereocenters. The number of nitrogens with two attached hydrogens (primary N) is 1. The van der Waals surface area contributed by atoms with Crippen LogP contribution in [0.3, 0.4) is 0 Å². The molecule has 1 saturated heterocycles. The topological polar surface area (TPSA) is 64.3 Å². The molecule has 0 bridgehead atoms. The molecule has 4 heteroatoms. The molecule has 0 radical (unpaired) electrons. The minimum Gasteiger partial charge on any atom is -0.381 e. The van der Waals surface area contributed by atoms with Gasteiger partial charge in [-0.2, -0.15) is 0 Å². The van der Waals surface area contributed by atoms with Crippen LogP contribution >= 0.6 is 0 Å². The summed E-state index contributed by atoms with van der Waals surface area (Å²) in [6.45, 7) is 5.62. The molecule has 4 nitrogen and oxygen atoms in total. The van der Waals surface area contributed by atoms with Gasteiger partial charge in [0.2, 0.25) is 5.91 Å². The van der Waals surface area contributed by atoms with Crippen molar-refractivity contribution in [3.05, 3.63) is 0 Å². The van der Waals surface area contributed by atoms with E-state index in [0.717, 1.165) is 38.9 Å². The van der Waals surface area contributed by atoms with E-state index in [1.807, 2.05) is 6.92 Å². The van der Waals surface area contributed by atoms with Gasteiger partial charge in [-0.15, -0.1) is 0 Å². The van der Waals surface area contributed by atoms with Gasteiger partial charge in [0.1, 0.15) is 0 Å². The van der Waals surface area contributed by atoms with E-state index in [2.05, 4.69) is 12.2 Å². The van der Waals surface area contributed by atoms with Crippen molar-refractivity contribution in [2.75, 3.05) is 13.2 Å². The Morgan fingerprint density at radius 1 is 1.47 bits per heavy atom. The Morgan fingerprint density at radius 3 is 2.82 bits per heavy atom. The monoisotopic (exact) mass is 240 g/mol. The van der Waals surface area contributed by atoms with Crippen molar-refractivity contribution in [1.29, 1.82) is 0 Å². The molecule has 2 aliphatic rings. The van der Waals surface area contributed by atoms with Crippen molar-refractivity contribution < 1.29 is 9.53 Å². The third-order valence-electron chi connectivity index (χ3n) is 4.51. The van der Waals surface area contributed by atoms with Crippen LogP contribution in [0.15, 0.2) is 0 Å². The van der Waals surface area contributed by atoms with Gasteiger partial charge in [-0.1, -0.05) is 13.3 Å². The smallest absolute Gasteiger partial charge is 0.227 e. The van der Waals surface area contributed by atoms with Crippen LogP contribution in [-0.2, 0) is 9.53 Å². The normalized spacial score (nSPS) is 42.4. The molecule has 17 heavy (non-hydrogen) atoms. The molecule has 0 aromatic carbocycles. The summed E-state index contributed by atoms with van der Waals surface area (Å²) in [5.74, 6) is 0.537. The first-order chi connectivity index (χ1) is 8.04. The molecule has 1 aliphatic carbocycles. The molecule has 2 rings (SSSR count). The molecule has 0 spiro atoms. The van der Waals surface area contributed by atoms with Gasteiger partial charge in [0.15, 0.2) is 0 Å². The van der Waals surface area contributed by atoms with Gasteiger partial charge < -0.3 is 15.8 Å². The summed E-state index contributed by atoms with van der Waals surface area (Å²) < 4.78 is 5.39. The number of rotatable bonds is 2. The van der Waals surface area contributed by atoms with E-state index in [9.17, 15) is 4.79 Å². The van der Waals surface area contributed by atoms with Crippen LogP contribution in [0.2, 0.25) is 0 Å². The summed E-state index contributed by atoms with van der Waals surface area (Å²) in [4.78, 5) is 12.4. The van der Waals surface area contributed by atoms with Crippen molar-refractivity contribution in [1.82, 2.24) is 5.32 Å². The summed E-state index contributed by atoms with van der Waals surface area (Å²) in [6, 6.07) is 0.263. The number of ether oxygens (including phenoxy) is 1. The van der Waals surface area contributed by atoms with Crippen molar-refractivity contribution in [3.63, 3.8) is 0 Å².